The topological polar surface area (TPSA) is 74.5 Å². The minimum Gasteiger partial charge on any atom is -0.464 e. The van der Waals surface area contributed by atoms with E-state index in [1.165, 1.54) is 0 Å². The van der Waals surface area contributed by atoms with Gasteiger partial charge in [-0.2, -0.15) is 0 Å². The number of aliphatic hydroxyl groups is 1. The molecule has 2 amide bonds. The molecule has 0 saturated carbocycles. The first-order chi connectivity index (χ1) is 9.77. The molecule has 5 nitrogen and oxygen atoms in total. The van der Waals surface area contributed by atoms with Crippen LogP contribution in [-0.4, -0.2) is 23.8 Å². The Hall–Kier alpha value is -1.49. The number of aryl methyl sites for hydroxylation is 1. The van der Waals surface area contributed by atoms with Gasteiger partial charge in [0.2, 0.25) is 0 Å². The van der Waals surface area contributed by atoms with Gasteiger partial charge in [-0.3, -0.25) is 0 Å². The van der Waals surface area contributed by atoms with Gasteiger partial charge in [-0.05, 0) is 30.9 Å². The maximum absolute atomic E-state index is 12.1. The maximum atomic E-state index is 12.1. The molecule has 0 bridgehead atoms. The summed E-state index contributed by atoms with van der Waals surface area (Å²) in [6.07, 6.45) is 1.37. The largest absolute Gasteiger partial charge is 0.464 e. The monoisotopic (exact) mass is 296 g/mol. The normalized spacial score (nSPS) is 14.6. The molecule has 21 heavy (non-hydrogen) atoms. The van der Waals surface area contributed by atoms with E-state index in [1.54, 1.807) is 0 Å². The van der Waals surface area contributed by atoms with Gasteiger partial charge in [0.05, 0.1) is 6.04 Å². The van der Waals surface area contributed by atoms with E-state index in [9.17, 15) is 4.79 Å². The van der Waals surface area contributed by atoms with Crippen LogP contribution in [0, 0.1) is 5.41 Å². The fourth-order valence-corrected chi connectivity index (χ4v) is 2.12. The molecule has 0 radical (unpaired) electrons. The van der Waals surface area contributed by atoms with Gasteiger partial charge >= 0.3 is 6.03 Å². The molecule has 0 aliphatic rings. The minimum absolute atomic E-state index is 0.0577. The van der Waals surface area contributed by atoms with Gasteiger partial charge in [-0.15, -0.1) is 0 Å². The predicted octanol–water partition coefficient (Wildman–Crippen LogP) is 3.00. The van der Waals surface area contributed by atoms with Crippen molar-refractivity contribution in [2.24, 2.45) is 5.41 Å². The van der Waals surface area contributed by atoms with Crippen LogP contribution in [0.1, 0.15) is 58.6 Å². The third kappa shape index (κ3) is 5.42. The standard InChI is InChI=1S/C16H28N2O3/c1-6-12-7-8-13(21-12)14(16(3,4)5)18-15(20)17-11(2)9-10-19/h7-8,11,14,19H,6,9-10H2,1-5H3,(H2,17,18,20)/t11-,14?/m1/s1. The van der Waals surface area contributed by atoms with E-state index in [4.69, 9.17) is 9.52 Å². The van der Waals surface area contributed by atoms with Crippen molar-refractivity contribution in [3.63, 3.8) is 0 Å². The Morgan fingerprint density at radius 3 is 2.48 bits per heavy atom. The Morgan fingerprint density at radius 1 is 1.33 bits per heavy atom. The summed E-state index contributed by atoms with van der Waals surface area (Å²) in [5.74, 6) is 1.68. The highest BCUT2D eigenvalue weighted by Crippen LogP contribution is 2.33. The van der Waals surface area contributed by atoms with Crippen LogP contribution in [0.5, 0.6) is 0 Å². The second kappa shape index (κ2) is 7.50. The van der Waals surface area contributed by atoms with Crippen molar-refractivity contribution in [3.05, 3.63) is 23.7 Å². The molecule has 0 saturated heterocycles. The number of carbonyl (C=O) groups excluding carboxylic acids is 1. The molecule has 5 heteroatoms. The van der Waals surface area contributed by atoms with Crippen molar-refractivity contribution in [1.82, 2.24) is 10.6 Å². The van der Waals surface area contributed by atoms with Gasteiger partial charge < -0.3 is 20.2 Å². The first-order valence-electron chi connectivity index (χ1n) is 7.54. The zero-order valence-corrected chi connectivity index (χ0v) is 13.7. The molecule has 1 heterocycles. The van der Waals surface area contributed by atoms with Crippen LogP contribution in [0.2, 0.25) is 0 Å². The molecule has 0 aliphatic carbocycles. The van der Waals surface area contributed by atoms with Gasteiger partial charge in [0.1, 0.15) is 11.5 Å². The zero-order chi connectivity index (χ0) is 16.0. The van der Waals surface area contributed by atoms with Crippen LogP contribution >= 0.6 is 0 Å². The van der Waals surface area contributed by atoms with Gasteiger partial charge in [-0.1, -0.05) is 27.7 Å². The Morgan fingerprint density at radius 2 is 2.00 bits per heavy atom. The van der Waals surface area contributed by atoms with Gasteiger partial charge in [0, 0.05) is 19.1 Å². The average molecular weight is 296 g/mol. The van der Waals surface area contributed by atoms with Gasteiger partial charge in [0.15, 0.2) is 0 Å². The van der Waals surface area contributed by atoms with Crippen molar-refractivity contribution >= 4 is 6.03 Å². The van der Waals surface area contributed by atoms with E-state index in [0.717, 1.165) is 17.9 Å². The number of urea groups is 1. The Kier molecular flexibility index (Phi) is 6.27. The number of hydrogen-bond acceptors (Lipinski definition) is 3. The Labute approximate surface area is 127 Å². The van der Waals surface area contributed by atoms with E-state index in [1.807, 2.05) is 26.0 Å². The molecule has 1 rings (SSSR count). The summed E-state index contributed by atoms with van der Waals surface area (Å²) >= 11 is 0. The molecule has 3 N–H and O–H groups in total. The van der Waals surface area contributed by atoms with Crippen LogP contribution in [0.15, 0.2) is 16.5 Å². The Balaban J connectivity index is 2.78. The SMILES string of the molecule is CCc1ccc(C(NC(=O)N[C@H](C)CCO)C(C)(C)C)o1. The number of amides is 2. The lowest BCUT2D eigenvalue weighted by Gasteiger charge is -2.30. The fraction of sp³-hybridized carbons (Fsp3) is 0.688. The second-order valence-corrected chi connectivity index (χ2v) is 6.49. The highest BCUT2D eigenvalue weighted by Gasteiger charge is 2.30. The number of nitrogens with one attached hydrogen (secondary N) is 2. The van der Waals surface area contributed by atoms with E-state index in [0.29, 0.717) is 6.42 Å². The van der Waals surface area contributed by atoms with Crippen molar-refractivity contribution in [1.29, 1.82) is 0 Å². The molecule has 0 aliphatic heterocycles. The summed E-state index contributed by atoms with van der Waals surface area (Å²) in [6, 6.07) is 3.34. The quantitative estimate of drug-likeness (QED) is 0.755. The number of hydrogen-bond donors (Lipinski definition) is 3. The molecule has 0 aromatic carbocycles. The number of furan rings is 1. The van der Waals surface area contributed by atoms with Crippen molar-refractivity contribution in [3.8, 4) is 0 Å². The number of carbonyl (C=O) groups is 1. The molecular formula is C16H28N2O3. The lowest BCUT2D eigenvalue weighted by atomic mass is 9.85. The minimum atomic E-state index is -0.245. The molecular weight excluding hydrogens is 268 g/mol. The summed E-state index contributed by atoms with van der Waals surface area (Å²) in [5, 5.41) is 14.7. The number of aliphatic hydroxyl groups excluding tert-OH is 1. The smallest absolute Gasteiger partial charge is 0.315 e. The van der Waals surface area contributed by atoms with Crippen LogP contribution in [0.25, 0.3) is 0 Å². The first-order valence-corrected chi connectivity index (χ1v) is 7.54. The maximum Gasteiger partial charge on any atom is 0.315 e. The van der Waals surface area contributed by atoms with E-state index >= 15 is 0 Å². The van der Waals surface area contributed by atoms with Crippen LogP contribution < -0.4 is 10.6 Å². The number of rotatable bonds is 6. The molecule has 0 spiro atoms. The zero-order valence-electron chi connectivity index (χ0n) is 13.7. The second-order valence-electron chi connectivity index (χ2n) is 6.49. The highest BCUT2D eigenvalue weighted by atomic mass is 16.3. The van der Waals surface area contributed by atoms with E-state index < -0.39 is 0 Å². The summed E-state index contributed by atoms with van der Waals surface area (Å²) in [7, 11) is 0. The summed E-state index contributed by atoms with van der Waals surface area (Å²) < 4.78 is 5.79. The van der Waals surface area contributed by atoms with Crippen molar-refractivity contribution < 1.29 is 14.3 Å². The van der Waals surface area contributed by atoms with E-state index in [2.05, 4.69) is 31.4 Å². The summed E-state index contributed by atoms with van der Waals surface area (Å²) in [6.45, 7) is 10.1. The summed E-state index contributed by atoms with van der Waals surface area (Å²) in [4.78, 5) is 12.1. The lowest BCUT2D eigenvalue weighted by Crippen LogP contribution is -2.45. The molecule has 120 valence electrons. The van der Waals surface area contributed by atoms with Crippen molar-refractivity contribution in [2.75, 3.05) is 6.61 Å². The molecule has 1 aromatic rings. The third-order valence-electron chi connectivity index (χ3n) is 3.40. The van der Waals surface area contributed by atoms with E-state index in [-0.39, 0.29) is 30.1 Å². The first kappa shape index (κ1) is 17.6. The fourth-order valence-electron chi connectivity index (χ4n) is 2.12. The third-order valence-corrected chi connectivity index (χ3v) is 3.40. The molecule has 2 atom stereocenters. The molecule has 1 unspecified atom stereocenters. The lowest BCUT2D eigenvalue weighted by molar-refractivity contribution is 0.201. The van der Waals surface area contributed by atoms with Crippen LogP contribution in [0.3, 0.4) is 0 Å². The Bertz CT molecular complexity index is 449. The van der Waals surface area contributed by atoms with Gasteiger partial charge in [-0.25, -0.2) is 4.79 Å². The van der Waals surface area contributed by atoms with Crippen molar-refractivity contribution in [2.45, 2.75) is 59.5 Å². The van der Waals surface area contributed by atoms with Crippen LogP contribution in [0.4, 0.5) is 4.79 Å². The highest BCUT2D eigenvalue weighted by molar-refractivity contribution is 5.74. The van der Waals surface area contributed by atoms with Gasteiger partial charge in [0.25, 0.3) is 0 Å². The van der Waals surface area contributed by atoms with Crippen LogP contribution in [-0.2, 0) is 6.42 Å². The predicted molar refractivity (Wildman–Crippen MR) is 83.1 cm³/mol. The molecule has 0 fully saturated rings. The molecule has 1 aromatic heterocycles. The summed E-state index contributed by atoms with van der Waals surface area (Å²) in [5.41, 5.74) is -0.166. The average Bonchev–Trinajstić information content (AvgIpc) is 2.83.